The molecule has 0 heterocycles. The van der Waals surface area contributed by atoms with Crippen molar-refractivity contribution in [3.8, 4) is 11.1 Å². The van der Waals surface area contributed by atoms with Gasteiger partial charge in [0.05, 0.1) is 11.4 Å². The van der Waals surface area contributed by atoms with Crippen LogP contribution in [0, 0.1) is 0 Å². The number of anilines is 2. The zero-order valence-electron chi connectivity index (χ0n) is 13.2. The number of amides is 1. The fourth-order valence-electron chi connectivity index (χ4n) is 2.51. The third-order valence-electron chi connectivity index (χ3n) is 3.88. The summed E-state index contributed by atoms with van der Waals surface area (Å²) >= 11 is 0. The van der Waals surface area contributed by atoms with Gasteiger partial charge in [0, 0.05) is 12.1 Å². The Balaban J connectivity index is 1.71. The standard InChI is InChI=1S/C20H19N3O/c21-18-11-10-17(20(22)24)12-19(18)23-13-14-6-8-16(9-7-14)15-4-2-1-3-5-15/h1-12,23H,13,21H2,(H2,22,24). The van der Waals surface area contributed by atoms with E-state index in [0.717, 1.165) is 5.56 Å². The summed E-state index contributed by atoms with van der Waals surface area (Å²) in [4.78, 5) is 11.3. The van der Waals surface area contributed by atoms with E-state index in [1.165, 1.54) is 11.1 Å². The van der Waals surface area contributed by atoms with Crippen LogP contribution < -0.4 is 16.8 Å². The minimum atomic E-state index is -0.467. The van der Waals surface area contributed by atoms with Crippen LogP contribution in [0.5, 0.6) is 0 Å². The second-order valence-corrected chi connectivity index (χ2v) is 5.58. The smallest absolute Gasteiger partial charge is 0.248 e. The SMILES string of the molecule is NC(=O)c1ccc(N)c(NCc2ccc(-c3ccccc3)cc2)c1. The lowest BCUT2D eigenvalue weighted by Crippen LogP contribution is -2.12. The van der Waals surface area contributed by atoms with Gasteiger partial charge in [0.15, 0.2) is 0 Å². The van der Waals surface area contributed by atoms with E-state index in [1.807, 2.05) is 18.2 Å². The van der Waals surface area contributed by atoms with Gasteiger partial charge in [-0.2, -0.15) is 0 Å². The molecule has 3 rings (SSSR count). The fourth-order valence-corrected chi connectivity index (χ4v) is 2.51. The van der Waals surface area contributed by atoms with Crippen molar-refractivity contribution in [1.82, 2.24) is 0 Å². The maximum Gasteiger partial charge on any atom is 0.248 e. The first-order valence-corrected chi connectivity index (χ1v) is 7.71. The normalized spacial score (nSPS) is 10.3. The molecule has 0 bridgehead atoms. The monoisotopic (exact) mass is 317 g/mol. The molecule has 0 aliphatic heterocycles. The molecule has 3 aromatic rings. The summed E-state index contributed by atoms with van der Waals surface area (Å²) in [6.07, 6.45) is 0. The van der Waals surface area contributed by atoms with Crippen LogP contribution in [0.3, 0.4) is 0 Å². The summed E-state index contributed by atoms with van der Waals surface area (Å²) in [5, 5.41) is 3.25. The van der Waals surface area contributed by atoms with Crippen molar-refractivity contribution in [3.05, 3.63) is 83.9 Å². The van der Waals surface area contributed by atoms with Crippen LogP contribution in [-0.4, -0.2) is 5.91 Å². The molecule has 4 heteroatoms. The summed E-state index contributed by atoms with van der Waals surface area (Å²) in [5.74, 6) is -0.467. The molecule has 24 heavy (non-hydrogen) atoms. The number of nitrogens with two attached hydrogens (primary N) is 2. The molecule has 3 aromatic carbocycles. The predicted molar refractivity (Wildman–Crippen MR) is 98.6 cm³/mol. The minimum absolute atomic E-state index is 0.436. The highest BCUT2D eigenvalue weighted by Gasteiger charge is 2.05. The third-order valence-corrected chi connectivity index (χ3v) is 3.88. The number of primary amides is 1. The number of nitrogens with one attached hydrogen (secondary N) is 1. The number of nitrogen functional groups attached to an aromatic ring is 1. The molecule has 0 saturated heterocycles. The van der Waals surface area contributed by atoms with Gasteiger partial charge in [-0.15, -0.1) is 0 Å². The summed E-state index contributed by atoms with van der Waals surface area (Å²) in [6.45, 7) is 0.613. The Kier molecular flexibility index (Phi) is 4.47. The van der Waals surface area contributed by atoms with E-state index in [-0.39, 0.29) is 0 Å². The number of carbonyl (C=O) groups excluding carboxylic acids is 1. The zero-order valence-corrected chi connectivity index (χ0v) is 13.2. The summed E-state index contributed by atoms with van der Waals surface area (Å²) in [6, 6.07) is 23.5. The van der Waals surface area contributed by atoms with Crippen LogP contribution in [0.25, 0.3) is 11.1 Å². The van der Waals surface area contributed by atoms with Gasteiger partial charge in [-0.05, 0) is 34.9 Å². The van der Waals surface area contributed by atoms with Crippen molar-refractivity contribution in [2.45, 2.75) is 6.54 Å². The van der Waals surface area contributed by atoms with Gasteiger partial charge in [0.2, 0.25) is 5.91 Å². The maximum absolute atomic E-state index is 11.3. The van der Waals surface area contributed by atoms with Crippen LogP contribution in [0.2, 0.25) is 0 Å². The molecule has 0 aromatic heterocycles. The van der Waals surface area contributed by atoms with Crippen molar-refractivity contribution in [3.63, 3.8) is 0 Å². The zero-order chi connectivity index (χ0) is 16.9. The Hall–Kier alpha value is -3.27. The molecule has 0 spiro atoms. The van der Waals surface area contributed by atoms with E-state index in [2.05, 4.69) is 41.7 Å². The molecule has 0 aliphatic rings. The largest absolute Gasteiger partial charge is 0.397 e. The number of benzene rings is 3. The topological polar surface area (TPSA) is 81.1 Å². The van der Waals surface area contributed by atoms with Crippen molar-refractivity contribution >= 4 is 17.3 Å². The molecular weight excluding hydrogens is 298 g/mol. The predicted octanol–water partition coefficient (Wildman–Crippen LogP) is 3.65. The Morgan fingerprint density at radius 3 is 2.21 bits per heavy atom. The molecule has 5 N–H and O–H groups in total. The molecule has 1 amide bonds. The van der Waals surface area contributed by atoms with Crippen LogP contribution in [-0.2, 0) is 6.54 Å². The number of carbonyl (C=O) groups is 1. The summed E-state index contributed by atoms with van der Waals surface area (Å²) in [7, 11) is 0. The van der Waals surface area contributed by atoms with E-state index >= 15 is 0 Å². The lowest BCUT2D eigenvalue weighted by Gasteiger charge is -2.11. The molecule has 0 atom stereocenters. The quantitative estimate of drug-likeness (QED) is 0.628. The molecule has 0 aliphatic carbocycles. The van der Waals surface area contributed by atoms with Gasteiger partial charge >= 0.3 is 0 Å². The van der Waals surface area contributed by atoms with Crippen LogP contribution in [0.15, 0.2) is 72.8 Å². The highest BCUT2D eigenvalue weighted by atomic mass is 16.1. The Bertz CT molecular complexity index is 843. The fraction of sp³-hybridized carbons (Fsp3) is 0.0500. The highest BCUT2D eigenvalue weighted by Crippen LogP contribution is 2.22. The highest BCUT2D eigenvalue weighted by molar-refractivity contribution is 5.94. The van der Waals surface area contributed by atoms with Gasteiger partial charge in [0.25, 0.3) is 0 Å². The third kappa shape index (κ3) is 3.55. The van der Waals surface area contributed by atoms with Crippen molar-refractivity contribution in [2.75, 3.05) is 11.1 Å². The summed E-state index contributed by atoms with van der Waals surface area (Å²) in [5.41, 5.74) is 16.5. The molecule has 120 valence electrons. The average Bonchev–Trinajstić information content (AvgIpc) is 2.62. The molecule has 0 unspecified atom stereocenters. The molecule has 4 nitrogen and oxygen atoms in total. The van der Waals surface area contributed by atoms with E-state index < -0.39 is 5.91 Å². The second kappa shape index (κ2) is 6.87. The van der Waals surface area contributed by atoms with Crippen LogP contribution >= 0.6 is 0 Å². The van der Waals surface area contributed by atoms with Gasteiger partial charge in [-0.3, -0.25) is 4.79 Å². The maximum atomic E-state index is 11.3. The molecule has 0 saturated carbocycles. The van der Waals surface area contributed by atoms with Gasteiger partial charge in [-0.25, -0.2) is 0 Å². The first-order chi connectivity index (χ1) is 11.6. The van der Waals surface area contributed by atoms with E-state index in [4.69, 9.17) is 11.5 Å². The second-order valence-electron chi connectivity index (χ2n) is 5.58. The van der Waals surface area contributed by atoms with E-state index in [9.17, 15) is 4.79 Å². The van der Waals surface area contributed by atoms with Crippen molar-refractivity contribution in [1.29, 1.82) is 0 Å². The van der Waals surface area contributed by atoms with Crippen LogP contribution in [0.1, 0.15) is 15.9 Å². The van der Waals surface area contributed by atoms with Gasteiger partial charge in [-0.1, -0.05) is 54.6 Å². The first-order valence-electron chi connectivity index (χ1n) is 7.71. The van der Waals surface area contributed by atoms with Crippen LogP contribution in [0.4, 0.5) is 11.4 Å². The molecular formula is C20H19N3O. The molecule has 0 radical (unpaired) electrons. The number of hydrogen-bond acceptors (Lipinski definition) is 3. The lowest BCUT2D eigenvalue weighted by molar-refractivity contribution is 0.100. The Labute approximate surface area is 141 Å². The Morgan fingerprint density at radius 2 is 1.54 bits per heavy atom. The van der Waals surface area contributed by atoms with E-state index in [1.54, 1.807) is 18.2 Å². The van der Waals surface area contributed by atoms with Crippen molar-refractivity contribution in [2.24, 2.45) is 5.73 Å². The van der Waals surface area contributed by atoms with Gasteiger partial charge in [0.1, 0.15) is 0 Å². The van der Waals surface area contributed by atoms with Crippen molar-refractivity contribution < 1.29 is 4.79 Å². The average molecular weight is 317 g/mol. The van der Waals surface area contributed by atoms with Gasteiger partial charge < -0.3 is 16.8 Å². The molecule has 0 fully saturated rings. The number of rotatable bonds is 5. The van der Waals surface area contributed by atoms with E-state index in [0.29, 0.717) is 23.5 Å². The lowest BCUT2D eigenvalue weighted by atomic mass is 10.0. The minimum Gasteiger partial charge on any atom is -0.397 e. The summed E-state index contributed by atoms with van der Waals surface area (Å²) < 4.78 is 0. The Morgan fingerprint density at radius 1 is 0.875 bits per heavy atom. The number of hydrogen-bond donors (Lipinski definition) is 3. The first kappa shape index (κ1) is 15.6.